The number of aryl methyl sites for hydroxylation is 1. The van der Waals surface area contributed by atoms with E-state index in [9.17, 15) is 4.79 Å². The van der Waals surface area contributed by atoms with Crippen molar-refractivity contribution in [3.63, 3.8) is 0 Å². The Morgan fingerprint density at radius 1 is 1.03 bits per heavy atom. The van der Waals surface area contributed by atoms with Gasteiger partial charge in [0.05, 0.1) is 5.69 Å². The van der Waals surface area contributed by atoms with Crippen LogP contribution in [0.1, 0.15) is 12.0 Å². The zero-order valence-corrected chi connectivity index (χ0v) is 20.8. The zero-order chi connectivity index (χ0) is 24.9. The fourth-order valence-corrected chi connectivity index (χ4v) is 4.56. The number of halogens is 1. The minimum absolute atomic E-state index is 0.0905. The van der Waals surface area contributed by atoms with Crippen molar-refractivity contribution in [2.45, 2.75) is 19.1 Å². The van der Waals surface area contributed by atoms with Crippen LogP contribution in [0.4, 0.5) is 16.2 Å². The number of aromatic nitrogens is 2. The Hall–Kier alpha value is -3.81. The first-order chi connectivity index (χ1) is 17.5. The predicted molar refractivity (Wildman–Crippen MR) is 143 cm³/mol. The summed E-state index contributed by atoms with van der Waals surface area (Å²) >= 11 is 5.93. The highest BCUT2D eigenvalue weighted by molar-refractivity contribution is 6.30. The molecule has 8 heteroatoms. The van der Waals surface area contributed by atoms with E-state index >= 15 is 0 Å². The molecule has 7 nitrogen and oxygen atoms in total. The van der Waals surface area contributed by atoms with Crippen molar-refractivity contribution in [3.05, 3.63) is 95.6 Å². The second kappa shape index (κ2) is 10.8. The van der Waals surface area contributed by atoms with Crippen LogP contribution in [0.3, 0.4) is 0 Å². The molecule has 2 amide bonds. The zero-order valence-electron chi connectivity index (χ0n) is 20.0. The minimum atomic E-state index is -0.339. The van der Waals surface area contributed by atoms with Gasteiger partial charge in [-0.3, -0.25) is 9.58 Å². The van der Waals surface area contributed by atoms with Crippen molar-refractivity contribution < 1.29 is 9.53 Å². The number of amides is 2. The molecule has 0 aliphatic carbocycles. The van der Waals surface area contributed by atoms with Crippen LogP contribution in [0.5, 0.6) is 5.75 Å². The summed E-state index contributed by atoms with van der Waals surface area (Å²) < 4.78 is 8.30. The predicted octanol–water partition coefficient (Wildman–Crippen LogP) is 6.04. The van der Waals surface area contributed by atoms with Crippen LogP contribution in [-0.4, -0.2) is 39.9 Å². The van der Waals surface area contributed by atoms with Gasteiger partial charge in [0.2, 0.25) is 0 Å². The SMILES string of the molecule is Cn1nccc1-c1cc(NC(=O)Nc2ccc(Cl)cc2)ccc1OC1CCN(Cc2ccccc2)C1. The first kappa shape index (κ1) is 23.9. The number of nitrogens with zero attached hydrogens (tertiary/aromatic N) is 3. The first-order valence-corrected chi connectivity index (χ1v) is 12.3. The maximum Gasteiger partial charge on any atom is 0.323 e. The molecular weight excluding hydrogens is 474 g/mol. The lowest BCUT2D eigenvalue weighted by atomic mass is 10.1. The molecule has 1 fully saturated rings. The van der Waals surface area contributed by atoms with Crippen molar-refractivity contribution in [2.24, 2.45) is 7.05 Å². The Balaban J connectivity index is 1.29. The molecule has 5 rings (SSSR count). The van der Waals surface area contributed by atoms with Crippen LogP contribution >= 0.6 is 11.6 Å². The van der Waals surface area contributed by atoms with E-state index in [4.69, 9.17) is 16.3 Å². The molecule has 0 spiro atoms. The highest BCUT2D eigenvalue weighted by Gasteiger charge is 2.25. The fourth-order valence-electron chi connectivity index (χ4n) is 4.43. The van der Waals surface area contributed by atoms with E-state index < -0.39 is 0 Å². The van der Waals surface area contributed by atoms with Crippen molar-refractivity contribution in [3.8, 4) is 17.0 Å². The third-order valence-electron chi connectivity index (χ3n) is 6.21. The summed E-state index contributed by atoms with van der Waals surface area (Å²) in [6.07, 6.45) is 2.80. The molecule has 1 saturated heterocycles. The van der Waals surface area contributed by atoms with E-state index in [0.717, 1.165) is 43.1 Å². The summed E-state index contributed by atoms with van der Waals surface area (Å²) in [6.45, 7) is 2.77. The van der Waals surface area contributed by atoms with Crippen LogP contribution in [0, 0.1) is 0 Å². The summed E-state index contributed by atoms with van der Waals surface area (Å²) in [6, 6.07) is 24.8. The Labute approximate surface area is 215 Å². The molecule has 1 aromatic heterocycles. The molecule has 2 heterocycles. The molecular formula is C28H28ClN5O2. The highest BCUT2D eigenvalue weighted by atomic mass is 35.5. The number of urea groups is 1. The molecule has 4 aromatic rings. The monoisotopic (exact) mass is 501 g/mol. The van der Waals surface area contributed by atoms with Crippen molar-refractivity contribution in [1.29, 1.82) is 0 Å². The molecule has 0 saturated carbocycles. The van der Waals surface area contributed by atoms with E-state index in [1.165, 1.54) is 5.56 Å². The van der Waals surface area contributed by atoms with E-state index in [-0.39, 0.29) is 12.1 Å². The van der Waals surface area contributed by atoms with Gasteiger partial charge in [0.25, 0.3) is 0 Å². The largest absolute Gasteiger partial charge is 0.488 e. The molecule has 184 valence electrons. The Bertz CT molecular complexity index is 1320. The van der Waals surface area contributed by atoms with Crippen LogP contribution in [0.15, 0.2) is 85.1 Å². The summed E-state index contributed by atoms with van der Waals surface area (Å²) in [7, 11) is 1.89. The minimum Gasteiger partial charge on any atom is -0.488 e. The topological polar surface area (TPSA) is 71.4 Å². The molecule has 1 atom stereocenters. The van der Waals surface area contributed by atoms with Gasteiger partial charge in [-0.2, -0.15) is 5.10 Å². The third-order valence-corrected chi connectivity index (χ3v) is 6.46. The van der Waals surface area contributed by atoms with Gasteiger partial charge in [-0.05, 0) is 60.5 Å². The standard InChI is InChI=1S/C28H28ClN5O2/c1-33-26(13-15-30-33)25-17-23(32-28(35)31-22-9-7-21(29)8-10-22)11-12-27(25)36-24-14-16-34(19-24)18-20-5-3-2-4-6-20/h2-13,15,17,24H,14,16,18-19H2,1H3,(H2,31,32,35). The summed E-state index contributed by atoms with van der Waals surface area (Å²) in [5.74, 6) is 0.772. The quantitative estimate of drug-likeness (QED) is 0.324. The van der Waals surface area contributed by atoms with Crippen LogP contribution < -0.4 is 15.4 Å². The molecule has 1 unspecified atom stereocenters. The lowest BCUT2D eigenvalue weighted by Crippen LogP contribution is -2.24. The molecule has 1 aliphatic heterocycles. The Kier molecular flexibility index (Phi) is 7.21. The van der Waals surface area contributed by atoms with Gasteiger partial charge in [-0.25, -0.2) is 4.79 Å². The number of ether oxygens (including phenoxy) is 1. The number of hydrogen-bond acceptors (Lipinski definition) is 4. The van der Waals surface area contributed by atoms with Gasteiger partial charge in [-0.15, -0.1) is 0 Å². The fraction of sp³-hybridized carbons (Fsp3) is 0.214. The highest BCUT2D eigenvalue weighted by Crippen LogP contribution is 2.34. The molecule has 36 heavy (non-hydrogen) atoms. The molecule has 0 bridgehead atoms. The maximum absolute atomic E-state index is 12.6. The normalized spacial score (nSPS) is 15.6. The van der Waals surface area contributed by atoms with Crippen molar-refractivity contribution in [2.75, 3.05) is 23.7 Å². The number of nitrogens with one attached hydrogen (secondary N) is 2. The molecule has 2 N–H and O–H groups in total. The maximum atomic E-state index is 12.6. The van der Waals surface area contributed by atoms with Crippen LogP contribution in [0.2, 0.25) is 5.02 Å². The molecule has 0 radical (unpaired) electrons. The van der Waals surface area contributed by atoms with E-state index in [1.807, 2.05) is 37.4 Å². The second-order valence-electron chi connectivity index (χ2n) is 8.89. The smallest absolute Gasteiger partial charge is 0.323 e. The number of rotatable bonds is 7. The van der Waals surface area contributed by atoms with E-state index in [2.05, 4.69) is 44.9 Å². The first-order valence-electron chi connectivity index (χ1n) is 11.9. The molecule has 3 aromatic carbocycles. The number of likely N-dealkylation sites (tertiary alicyclic amines) is 1. The van der Waals surface area contributed by atoms with E-state index in [0.29, 0.717) is 16.4 Å². The Morgan fingerprint density at radius 3 is 2.53 bits per heavy atom. The lowest BCUT2D eigenvalue weighted by molar-refractivity contribution is 0.199. The second-order valence-corrected chi connectivity index (χ2v) is 9.32. The van der Waals surface area contributed by atoms with Gasteiger partial charge in [0.15, 0.2) is 0 Å². The number of anilines is 2. The van der Waals surface area contributed by atoms with Crippen LogP contribution in [-0.2, 0) is 13.6 Å². The van der Waals surface area contributed by atoms with Gasteiger partial charge in [0, 0.05) is 54.8 Å². The Morgan fingerprint density at radius 2 is 1.78 bits per heavy atom. The van der Waals surface area contributed by atoms with Gasteiger partial charge < -0.3 is 15.4 Å². The van der Waals surface area contributed by atoms with Crippen LogP contribution in [0.25, 0.3) is 11.3 Å². The summed E-state index contributed by atoms with van der Waals surface area (Å²) in [4.78, 5) is 15.0. The number of carbonyl (C=O) groups excluding carboxylic acids is 1. The molecule has 1 aliphatic rings. The van der Waals surface area contributed by atoms with Crippen molar-refractivity contribution in [1.82, 2.24) is 14.7 Å². The van der Waals surface area contributed by atoms with Gasteiger partial charge in [0.1, 0.15) is 11.9 Å². The summed E-state index contributed by atoms with van der Waals surface area (Å²) in [5, 5.41) is 10.7. The van der Waals surface area contributed by atoms with Crippen molar-refractivity contribution >= 4 is 29.0 Å². The van der Waals surface area contributed by atoms with Gasteiger partial charge in [-0.1, -0.05) is 41.9 Å². The number of hydrogen-bond donors (Lipinski definition) is 2. The average Bonchev–Trinajstić information content (AvgIpc) is 3.50. The third kappa shape index (κ3) is 5.87. The average molecular weight is 502 g/mol. The number of benzene rings is 3. The van der Waals surface area contributed by atoms with E-state index in [1.54, 1.807) is 35.1 Å². The van der Waals surface area contributed by atoms with Gasteiger partial charge >= 0.3 is 6.03 Å². The number of carbonyl (C=O) groups is 1. The summed E-state index contributed by atoms with van der Waals surface area (Å²) in [5.41, 5.74) is 4.40. The lowest BCUT2D eigenvalue weighted by Gasteiger charge is -2.19.